The molecule has 0 saturated carbocycles. The molecule has 0 aliphatic heterocycles. The maximum Gasteiger partial charge on any atom is 0.339 e. The fourth-order valence-corrected chi connectivity index (χ4v) is 4.64. The number of carboxylic acid groups (broad SMARTS) is 1. The van der Waals surface area contributed by atoms with Gasteiger partial charge in [0.05, 0.1) is 33.3 Å². The molecule has 0 aliphatic carbocycles. The minimum atomic E-state index is -1.20. The van der Waals surface area contributed by atoms with Crippen molar-refractivity contribution in [1.29, 1.82) is 0 Å². The second kappa shape index (κ2) is 8.81. The molecule has 2 N–H and O–H groups in total. The number of halogens is 4. The number of amides is 1. The van der Waals surface area contributed by atoms with Gasteiger partial charge in [-0.15, -0.1) is 11.3 Å². The molecule has 1 amide bonds. The van der Waals surface area contributed by atoms with Gasteiger partial charge in [0.15, 0.2) is 5.75 Å². The van der Waals surface area contributed by atoms with Crippen molar-refractivity contribution in [3.63, 3.8) is 0 Å². The Morgan fingerprint density at radius 1 is 1.10 bits per heavy atom. The van der Waals surface area contributed by atoms with Gasteiger partial charge >= 0.3 is 5.97 Å². The number of carboxylic acids is 1. The zero-order valence-electron chi connectivity index (χ0n) is 14.6. The molecule has 2 aromatic carbocycles. The summed E-state index contributed by atoms with van der Waals surface area (Å²) in [4.78, 5) is 25.1. The van der Waals surface area contributed by atoms with Crippen molar-refractivity contribution < 1.29 is 19.4 Å². The monoisotopic (exact) mass is 489 g/mol. The Morgan fingerprint density at radius 2 is 1.83 bits per heavy atom. The smallest absolute Gasteiger partial charge is 0.339 e. The van der Waals surface area contributed by atoms with Crippen LogP contribution in [0.4, 0.5) is 5.69 Å². The van der Waals surface area contributed by atoms with Gasteiger partial charge in [0.25, 0.3) is 5.91 Å². The van der Waals surface area contributed by atoms with E-state index in [4.69, 9.17) is 51.1 Å². The maximum absolute atomic E-state index is 12.8. The topological polar surface area (TPSA) is 75.6 Å². The summed E-state index contributed by atoms with van der Waals surface area (Å²) in [6.07, 6.45) is 0. The van der Waals surface area contributed by atoms with Crippen LogP contribution in [-0.2, 0) is 0 Å². The van der Waals surface area contributed by atoms with Crippen LogP contribution in [0, 0.1) is 0 Å². The van der Waals surface area contributed by atoms with Crippen LogP contribution in [-0.4, -0.2) is 24.1 Å². The highest BCUT2D eigenvalue weighted by Gasteiger charge is 2.24. The van der Waals surface area contributed by atoms with E-state index < -0.39 is 11.9 Å². The number of anilines is 1. The Balaban J connectivity index is 2.01. The van der Waals surface area contributed by atoms with Crippen LogP contribution >= 0.6 is 57.7 Å². The number of hydrogen-bond acceptors (Lipinski definition) is 4. The minimum absolute atomic E-state index is 0.0183. The molecule has 3 aromatic rings. The minimum Gasteiger partial charge on any atom is -0.494 e. The zero-order valence-corrected chi connectivity index (χ0v) is 18.4. The second-order valence-corrected chi connectivity index (χ2v) is 8.17. The van der Waals surface area contributed by atoms with Gasteiger partial charge in [0.2, 0.25) is 0 Å². The third kappa shape index (κ3) is 4.32. The second-order valence-electron chi connectivity index (χ2n) is 5.69. The molecule has 150 valence electrons. The van der Waals surface area contributed by atoms with E-state index in [0.717, 1.165) is 11.3 Å². The van der Waals surface area contributed by atoms with Gasteiger partial charge in [-0.1, -0.05) is 58.5 Å². The molecule has 10 heteroatoms. The fourth-order valence-electron chi connectivity index (χ4n) is 2.62. The number of carbonyl (C=O) groups is 2. The van der Waals surface area contributed by atoms with Gasteiger partial charge in [-0.25, -0.2) is 4.79 Å². The van der Waals surface area contributed by atoms with Gasteiger partial charge in [-0.3, -0.25) is 4.79 Å². The molecule has 0 saturated heterocycles. The number of ether oxygens (including phenoxy) is 1. The van der Waals surface area contributed by atoms with E-state index >= 15 is 0 Å². The number of nitrogens with one attached hydrogen (secondary N) is 1. The van der Waals surface area contributed by atoms with E-state index in [0.29, 0.717) is 15.5 Å². The van der Waals surface area contributed by atoms with E-state index in [2.05, 4.69) is 5.32 Å². The number of carbonyl (C=O) groups excluding carboxylic acids is 1. The first-order chi connectivity index (χ1) is 13.7. The molecule has 3 rings (SSSR count). The van der Waals surface area contributed by atoms with E-state index in [1.165, 1.54) is 18.6 Å². The summed E-state index contributed by atoms with van der Waals surface area (Å²) in [5, 5.41) is 14.3. The standard InChI is InChI=1S/C19H11Cl4NO4S/c1-28-16-11(21)6-10(14(22)15(16)23)18(25)24-12-7-29-17(13(12)19(26)27)8-3-2-4-9(20)5-8/h2-7H,1H3,(H,24,25)(H,26,27). The molecule has 1 aromatic heterocycles. The Hall–Kier alpha value is -1.96. The van der Waals surface area contributed by atoms with Crippen molar-refractivity contribution in [2.75, 3.05) is 12.4 Å². The molecule has 0 unspecified atom stereocenters. The summed E-state index contributed by atoms with van der Waals surface area (Å²) in [5.41, 5.74) is 0.650. The third-order valence-corrected chi connectivity index (χ3v) is 6.30. The van der Waals surface area contributed by atoms with Gasteiger partial charge in [0, 0.05) is 10.4 Å². The molecule has 0 atom stereocenters. The predicted octanol–water partition coefficient (Wildman–Crippen LogP) is 6.99. The molecule has 1 heterocycles. The van der Waals surface area contributed by atoms with Crippen LogP contribution in [0.1, 0.15) is 20.7 Å². The van der Waals surface area contributed by atoms with E-state index in [-0.39, 0.29) is 37.6 Å². The van der Waals surface area contributed by atoms with E-state index in [1.54, 1.807) is 24.3 Å². The molecule has 0 spiro atoms. The largest absolute Gasteiger partial charge is 0.494 e. The average Bonchev–Trinajstić information content (AvgIpc) is 3.09. The molecule has 0 fully saturated rings. The van der Waals surface area contributed by atoms with Crippen molar-refractivity contribution >= 4 is 75.3 Å². The van der Waals surface area contributed by atoms with Gasteiger partial charge in [-0.05, 0) is 23.8 Å². The van der Waals surface area contributed by atoms with Crippen LogP contribution in [0.25, 0.3) is 10.4 Å². The van der Waals surface area contributed by atoms with Crippen LogP contribution in [0.3, 0.4) is 0 Å². The number of thiophene rings is 1. The quantitative estimate of drug-likeness (QED) is 0.378. The fraction of sp³-hybridized carbons (Fsp3) is 0.0526. The summed E-state index contributed by atoms with van der Waals surface area (Å²) in [7, 11) is 1.37. The Bertz CT molecular complexity index is 1130. The number of methoxy groups -OCH3 is 1. The van der Waals surface area contributed by atoms with Crippen molar-refractivity contribution in [3.8, 4) is 16.2 Å². The lowest BCUT2D eigenvalue weighted by atomic mass is 10.1. The average molecular weight is 491 g/mol. The Labute approximate surface area is 189 Å². The summed E-state index contributed by atoms with van der Waals surface area (Å²) >= 11 is 25.5. The molecule has 29 heavy (non-hydrogen) atoms. The number of hydrogen-bond donors (Lipinski definition) is 2. The van der Waals surface area contributed by atoms with Crippen LogP contribution < -0.4 is 10.1 Å². The lowest BCUT2D eigenvalue weighted by Gasteiger charge is -2.12. The number of aromatic carboxylic acids is 1. The summed E-state index contributed by atoms with van der Waals surface area (Å²) in [6.45, 7) is 0. The maximum atomic E-state index is 12.8. The molecule has 0 aliphatic rings. The van der Waals surface area contributed by atoms with Crippen molar-refractivity contribution in [2.24, 2.45) is 0 Å². The highest BCUT2D eigenvalue weighted by molar-refractivity contribution is 7.14. The van der Waals surface area contributed by atoms with Gasteiger partial charge in [-0.2, -0.15) is 0 Å². The first-order valence-corrected chi connectivity index (χ1v) is 10.3. The Morgan fingerprint density at radius 3 is 2.45 bits per heavy atom. The van der Waals surface area contributed by atoms with Crippen LogP contribution in [0.5, 0.6) is 5.75 Å². The molecule has 5 nitrogen and oxygen atoms in total. The SMILES string of the molecule is COc1c(Cl)cc(C(=O)Nc2csc(-c3cccc(Cl)c3)c2C(=O)O)c(Cl)c1Cl. The van der Waals surface area contributed by atoms with E-state index in [9.17, 15) is 14.7 Å². The Kier molecular flexibility index (Phi) is 6.61. The molecule has 0 radical (unpaired) electrons. The number of benzene rings is 2. The molecule has 0 bridgehead atoms. The first kappa shape index (κ1) is 21.7. The summed E-state index contributed by atoms with van der Waals surface area (Å²) in [5.74, 6) is -1.73. The third-order valence-electron chi connectivity index (χ3n) is 3.91. The summed E-state index contributed by atoms with van der Waals surface area (Å²) in [6, 6.07) is 8.07. The van der Waals surface area contributed by atoms with Crippen LogP contribution in [0.2, 0.25) is 20.1 Å². The number of rotatable bonds is 5. The van der Waals surface area contributed by atoms with Crippen LogP contribution in [0.15, 0.2) is 35.7 Å². The first-order valence-electron chi connectivity index (χ1n) is 7.88. The molecular weight excluding hydrogens is 480 g/mol. The lowest BCUT2D eigenvalue weighted by Crippen LogP contribution is -2.15. The molecular formula is C19H11Cl4NO4S. The van der Waals surface area contributed by atoms with Crippen molar-refractivity contribution in [3.05, 3.63) is 66.9 Å². The lowest BCUT2D eigenvalue weighted by molar-refractivity contribution is 0.0699. The van der Waals surface area contributed by atoms with E-state index in [1.807, 2.05) is 0 Å². The highest BCUT2D eigenvalue weighted by atomic mass is 35.5. The summed E-state index contributed by atoms with van der Waals surface area (Å²) < 4.78 is 5.06. The normalized spacial score (nSPS) is 10.7. The van der Waals surface area contributed by atoms with Gasteiger partial charge < -0.3 is 15.2 Å². The predicted molar refractivity (Wildman–Crippen MR) is 118 cm³/mol. The van der Waals surface area contributed by atoms with Crippen molar-refractivity contribution in [1.82, 2.24) is 0 Å². The van der Waals surface area contributed by atoms with Gasteiger partial charge in [0.1, 0.15) is 10.6 Å². The highest BCUT2D eigenvalue weighted by Crippen LogP contribution is 2.41. The van der Waals surface area contributed by atoms with Crippen molar-refractivity contribution in [2.45, 2.75) is 0 Å². The zero-order chi connectivity index (χ0) is 21.3.